The SMILES string of the molecule is C[Si](C)(C)/C=C/C=C/c1ccccc1[Si](C)(C)C. The van der Waals surface area contributed by atoms with Gasteiger partial charge < -0.3 is 0 Å². The first-order valence-electron chi connectivity index (χ1n) is 6.65. The monoisotopic (exact) mass is 274 g/mol. The molecule has 0 aliphatic rings. The van der Waals surface area contributed by atoms with Crippen molar-refractivity contribution in [3.8, 4) is 0 Å². The predicted molar refractivity (Wildman–Crippen MR) is 90.9 cm³/mol. The van der Waals surface area contributed by atoms with E-state index < -0.39 is 16.1 Å². The molecule has 0 aromatic heterocycles. The second kappa shape index (κ2) is 5.85. The molecule has 1 aromatic rings. The molecule has 18 heavy (non-hydrogen) atoms. The summed E-state index contributed by atoms with van der Waals surface area (Å²) in [5, 5.41) is 1.54. The highest BCUT2D eigenvalue weighted by Crippen LogP contribution is 2.09. The molecule has 0 saturated heterocycles. The summed E-state index contributed by atoms with van der Waals surface area (Å²) >= 11 is 0. The molecule has 1 aromatic carbocycles. The van der Waals surface area contributed by atoms with Gasteiger partial charge in [-0.25, -0.2) is 0 Å². The van der Waals surface area contributed by atoms with Crippen molar-refractivity contribution in [3.05, 3.63) is 47.7 Å². The molecule has 0 heterocycles. The standard InChI is InChI=1S/C16H26Si2/c1-17(2,3)14-10-9-12-15-11-7-8-13-16(15)18(4,5)6/h7-14H,1-6H3/b12-9+,14-10+. The van der Waals surface area contributed by atoms with Crippen LogP contribution in [-0.4, -0.2) is 16.1 Å². The third kappa shape index (κ3) is 5.19. The first-order valence-corrected chi connectivity index (χ1v) is 13.7. The highest BCUT2D eigenvalue weighted by atomic mass is 28.3. The molecule has 0 spiro atoms. The maximum Gasteiger partial charge on any atom is 0.0783 e. The van der Waals surface area contributed by atoms with Crippen LogP contribution in [0.1, 0.15) is 5.56 Å². The van der Waals surface area contributed by atoms with Gasteiger partial charge in [0.2, 0.25) is 0 Å². The van der Waals surface area contributed by atoms with Crippen LogP contribution in [0.3, 0.4) is 0 Å². The highest BCUT2D eigenvalue weighted by molar-refractivity contribution is 6.89. The van der Waals surface area contributed by atoms with E-state index >= 15 is 0 Å². The molecule has 98 valence electrons. The third-order valence-electron chi connectivity index (χ3n) is 2.75. The zero-order valence-corrected chi connectivity index (χ0v) is 14.6. The van der Waals surface area contributed by atoms with Crippen LogP contribution in [0.4, 0.5) is 0 Å². The molecule has 0 N–H and O–H groups in total. The molecule has 0 nitrogen and oxygen atoms in total. The molecule has 0 unspecified atom stereocenters. The molecule has 0 radical (unpaired) electrons. The van der Waals surface area contributed by atoms with Crippen molar-refractivity contribution in [1.82, 2.24) is 0 Å². The summed E-state index contributed by atoms with van der Waals surface area (Å²) in [6.07, 6.45) is 6.66. The lowest BCUT2D eigenvalue weighted by Crippen LogP contribution is -2.39. The van der Waals surface area contributed by atoms with Gasteiger partial charge in [0.25, 0.3) is 0 Å². The lowest BCUT2D eigenvalue weighted by molar-refractivity contribution is 1.64. The van der Waals surface area contributed by atoms with Crippen LogP contribution >= 0.6 is 0 Å². The Labute approximate surface area is 114 Å². The predicted octanol–water partition coefficient (Wildman–Crippen LogP) is 4.68. The highest BCUT2D eigenvalue weighted by Gasteiger charge is 2.18. The van der Waals surface area contributed by atoms with Gasteiger partial charge in [-0.3, -0.25) is 0 Å². The largest absolute Gasteiger partial charge is 0.0950 e. The Kier molecular flexibility index (Phi) is 4.94. The summed E-state index contributed by atoms with van der Waals surface area (Å²) in [5.41, 5.74) is 3.76. The smallest absolute Gasteiger partial charge is 0.0783 e. The van der Waals surface area contributed by atoms with Crippen molar-refractivity contribution >= 4 is 27.4 Å². The Morgan fingerprint density at radius 2 is 1.44 bits per heavy atom. The number of rotatable bonds is 4. The van der Waals surface area contributed by atoms with Gasteiger partial charge in [-0.05, 0) is 5.56 Å². The molecular formula is C16H26Si2. The molecule has 1 rings (SSSR count). The third-order valence-corrected chi connectivity index (χ3v) is 6.02. The fourth-order valence-corrected chi connectivity index (χ4v) is 4.15. The van der Waals surface area contributed by atoms with E-state index in [9.17, 15) is 0 Å². The van der Waals surface area contributed by atoms with Crippen LogP contribution in [-0.2, 0) is 0 Å². The summed E-state index contributed by atoms with van der Waals surface area (Å²) in [5.74, 6) is 0. The van der Waals surface area contributed by atoms with Crippen molar-refractivity contribution in [3.63, 3.8) is 0 Å². The molecule has 0 bridgehead atoms. The van der Waals surface area contributed by atoms with E-state index in [4.69, 9.17) is 0 Å². The summed E-state index contributed by atoms with van der Waals surface area (Å²) in [7, 11) is -2.31. The Balaban J connectivity index is 2.92. The van der Waals surface area contributed by atoms with E-state index in [0.717, 1.165) is 0 Å². The van der Waals surface area contributed by atoms with Crippen molar-refractivity contribution in [2.75, 3.05) is 0 Å². The van der Waals surface area contributed by atoms with Gasteiger partial charge in [0, 0.05) is 0 Å². The van der Waals surface area contributed by atoms with Crippen LogP contribution < -0.4 is 5.19 Å². The number of allylic oxidation sites excluding steroid dienone is 2. The number of hydrogen-bond donors (Lipinski definition) is 0. The quantitative estimate of drug-likeness (QED) is 0.552. The molecule has 0 amide bonds. The van der Waals surface area contributed by atoms with Crippen molar-refractivity contribution in [2.24, 2.45) is 0 Å². The average molecular weight is 275 g/mol. The van der Waals surface area contributed by atoms with E-state index in [-0.39, 0.29) is 0 Å². The lowest BCUT2D eigenvalue weighted by atomic mass is 10.2. The Morgan fingerprint density at radius 3 is 2.00 bits per heavy atom. The van der Waals surface area contributed by atoms with Crippen molar-refractivity contribution < 1.29 is 0 Å². The van der Waals surface area contributed by atoms with E-state index in [1.54, 1.807) is 5.19 Å². The minimum Gasteiger partial charge on any atom is -0.0950 e. The molecule has 0 aliphatic carbocycles. The van der Waals surface area contributed by atoms with Crippen molar-refractivity contribution in [2.45, 2.75) is 39.3 Å². The van der Waals surface area contributed by atoms with E-state index in [2.05, 4.69) is 87.5 Å². The minimum absolute atomic E-state index is 1.07. The molecule has 0 atom stereocenters. The first-order chi connectivity index (χ1) is 8.20. The van der Waals surface area contributed by atoms with Gasteiger partial charge in [0.15, 0.2) is 0 Å². The average Bonchev–Trinajstić information content (AvgIpc) is 2.22. The van der Waals surface area contributed by atoms with Gasteiger partial charge >= 0.3 is 0 Å². The summed E-state index contributed by atoms with van der Waals surface area (Å²) in [6.45, 7) is 14.3. The normalized spacial score (nSPS) is 13.7. The van der Waals surface area contributed by atoms with Crippen molar-refractivity contribution in [1.29, 1.82) is 0 Å². The van der Waals surface area contributed by atoms with Gasteiger partial charge in [0.05, 0.1) is 16.1 Å². The molecule has 0 aliphatic heterocycles. The zero-order chi connectivity index (χ0) is 13.8. The molecule has 2 heteroatoms. The second-order valence-corrected chi connectivity index (χ2v) is 17.0. The van der Waals surface area contributed by atoms with E-state index in [1.165, 1.54) is 5.56 Å². The fraction of sp³-hybridized carbons (Fsp3) is 0.375. The molecule has 0 saturated carbocycles. The van der Waals surface area contributed by atoms with Gasteiger partial charge in [-0.1, -0.05) is 92.7 Å². The molecular weight excluding hydrogens is 248 g/mol. The number of benzene rings is 1. The topological polar surface area (TPSA) is 0 Å². The summed E-state index contributed by atoms with van der Waals surface area (Å²) < 4.78 is 0. The van der Waals surface area contributed by atoms with Crippen LogP contribution in [0, 0.1) is 0 Å². The van der Waals surface area contributed by atoms with Crippen LogP contribution in [0.25, 0.3) is 6.08 Å². The van der Waals surface area contributed by atoms with Gasteiger partial charge in [0.1, 0.15) is 0 Å². The first kappa shape index (κ1) is 15.2. The minimum atomic E-state index is -1.24. The lowest BCUT2D eigenvalue weighted by Gasteiger charge is -2.19. The summed E-state index contributed by atoms with van der Waals surface area (Å²) in [6, 6.07) is 8.80. The van der Waals surface area contributed by atoms with Crippen LogP contribution in [0.5, 0.6) is 0 Å². The maximum atomic E-state index is 2.40. The maximum absolute atomic E-state index is 2.40. The summed E-state index contributed by atoms with van der Waals surface area (Å²) in [4.78, 5) is 0. The van der Waals surface area contributed by atoms with Gasteiger partial charge in [-0.15, -0.1) is 0 Å². The molecule has 0 fully saturated rings. The Morgan fingerprint density at radius 1 is 0.833 bits per heavy atom. The van der Waals surface area contributed by atoms with E-state index in [1.807, 2.05) is 0 Å². The zero-order valence-electron chi connectivity index (χ0n) is 12.6. The van der Waals surface area contributed by atoms with Crippen LogP contribution in [0.2, 0.25) is 39.3 Å². The van der Waals surface area contributed by atoms with Gasteiger partial charge in [-0.2, -0.15) is 0 Å². The second-order valence-electron chi connectivity index (χ2n) is 6.92. The Bertz CT molecular complexity index is 443. The fourth-order valence-electron chi connectivity index (χ4n) is 1.83. The van der Waals surface area contributed by atoms with E-state index in [0.29, 0.717) is 0 Å². The Hall–Kier alpha value is -0.866. The van der Waals surface area contributed by atoms with Crippen LogP contribution in [0.15, 0.2) is 42.1 Å². The number of hydrogen-bond acceptors (Lipinski definition) is 0.